The molecule has 17 heavy (non-hydrogen) atoms. The molecule has 0 saturated carbocycles. The fourth-order valence-electron chi connectivity index (χ4n) is 2.34. The Labute approximate surface area is 104 Å². The lowest BCUT2D eigenvalue weighted by molar-refractivity contribution is -0.0565. The average molecular weight is 239 g/mol. The van der Waals surface area contributed by atoms with E-state index in [1.54, 1.807) is 0 Å². The van der Waals surface area contributed by atoms with Gasteiger partial charge in [0, 0.05) is 19.3 Å². The van der Waals surface area contributed by atoms with Crippen LogP contribution in [0.15, 0.2) is 12.3 Å². The van der Waals surface area contributed by atoms with E-state index in [1.165, 1.54) is 5.69 Å². The van der Waals surface area contributed by atoms with Crippen molar-refractivity contribution >= 4 is 0 Å². The molecule has 0 aliphatic rings. The molecule has 0 fully saturated rings. The zero-order valence-electron chi connectivity index (χ0n) is 11.7. The zero-order chi connectivity index (χ0) is 12.9. The van der Waals surface area contributed by atoms with Gasteiger partial charge >= 0.3 is 0 Å². The molecular formula is C13H25N3O. The van der Waals surface area contributed by atoms with Gasteiger partial charge in [0.25, 0.3) is 0 Å². The summed E-state index contributed by atoms with van der Waals surface area (Å²) in [6, 6.07) is 2.23. The summed E-state index contributed by atoms with van der Waals surface area (Å²) in [4.78, 5) is 0. The van der Waals surface area contributed by atoms with Gasteiger partial charge in [0.2, 0.25) is 0 Å². The van der Waals surface area contributed by atoms with Gasteiger partial charge < -0.3 is 10.1 Å². The maximum Gasteiger partial charge on any atom is 0.0860 e. The van der Waals surface area contributed by atoms with Gasteiger partial charge in [-0.1, -0.05) is 6.92 Å². The molecule has 0 radical (unpaired) electrons. The fourth-order valence-corrected chi connectivity index (χ4v) is 2.34. The molecule has 1 aromatic rings. The van der Waals surface area contributed by atoms with Crippen molar-refractivity contribution in [1.29, 1.82) is 0 Å². The van der Waals surface area contributed by atoms with Gasteiger partial charge in [0.05, 0.1) is 17.3 Å². The number of rotatable bonds is 7. The van der Waals surface area contributed by atoms with Crippen LogP contribution in [0.25, 0.3) is 0 Å². The highest BCUT2D eigenvalue weighted by Crippen LogP contribution is 2.31. The molecule has 98 valence electrons. The highest BCUT2D eigenvalue weighted by Gasteiger charge is 2.35. The van der Waals surface area contributed by atoms with E-state index in [1.807, 2.05) is 24.9 Å². The molecular weight excluding hydrogens is 214 g/mol. The van der Waals surface area contributed by atoms with E-state index in [0.29, 0.717) is 0 Å². The third kappa shape index (κ3) is 2.87. The molecule has 1 rings (SSSR count). The Morgan fingerprint density at radius 1 is 1.47 bits per heavy atom. The quantitative estimate of drug-likeness (QED) is 0.794. The fraction of sp³-hybridized carbons (Fsp3) is 0.769. The third-order valence-corrected chi connectivity index (χ3v) is 3.42. The molecule has 0 aliphatic heterocycles. The maximum absolute atomic E-state index is 5.95. The van der Waals surface area contributed by atoms with Crippen LogP contribution in [0, 0.1) is 0 Å². The lowest BCUT2D eigenvalue weighted by Crippen LogP contribution is -2.43. The SMILES string of the molecule is CCOC(C)(CC)C(NC)c1ccnn1CC. The molecule has 2 atom stereocenters. The van der Waals surface area contributed by atoms with Crippen molar-refractivity contribution < 1.29 is 4.74 Å². The molecule has 4 heteroatoms. The van der Waals surface area contributed by atoms with Crippen LogP contribution in [-0.2, 0) is 11.3 Å². The van der Waals surface area contributed by atoms with Crippen LogP contribution in [0.5, 0.6) is 0 Å². The minimum absolute atomic E-state index is 0.162. The minimum Gasteiger partial charge on any atom is -0.374 e. The first-order valence-corrected chi connectivity index (χ1v) is 6.45. The van der Waals surface area contributed by atoms with Gasteiger partial charge in [-0.25, -0.2) is 0 Å². The number of ether oxygens (including phenoxy) is 1. The van der Waals surface area contributed by atoms with Crippen molar-refractivity contribution in [1.82, 2.24) is 15.1 Å². The van der Waals surface area contributed by atoms with Crippen molar-refractivity contribution in [3.63, 3.8) is 0 Å². The Balaban J connectivity index is 3.04. The van der Waals surface area contributed by atoms with E-state index in [4.69, 9.17) is 4.74 Å². The molecule has 1 heterocycles. The first-order chi connectivity index (χ1) is 8.12. The molecule has 0 aromatic carbocycles. The van der Waals surface area contributed by atoms with E-state index >= 15 is 0 Å². The Morgan fingerprint density at radius 3 is 2.65 bits per heavy atom. The molecule has 0 aliphatic carbocycles. The van der Waals surface area contributed by atoms with Gasteiger partial charge in [-0.3, -0.25) is 4.68 Å². The van der Waals surface area contributed by atoms with Crippen LogP contribution < -0.4 is 5.32 Å². The predicted molar refractivity (Wildman–Crippen MR) is 70.0 cm³/mol. The number of aryl methyl sites for hydroxylation is 1. The molecule has 0 spiro atoms. The number of hydrogen-bond acceptors (Lipinski definition) is 3. The van der Waals surface area contributed by atoms with E-state index in [9.17, 15) is 0 Å². The second-order valence-electron chi connectivity index (χ2n) is 4.39. The third-order valence-electron chi connectivity index (χ3n) is 3.42. The topological polar surface area (TPSA) is 39.1 Å². The summed E-state index contributed by atoms with van der Waals surface area (Å²) in [7, 11) is 1.98. The van der Waals surface area contributed by atoms with Gasteiger partial charge in [-0.2, -0.15) is 5.10 Å². The van der Waals surface area contributed by atoms with Crippen LogP contribution in [0.1, 0.15) is 45.9 Å². The van der Waals surface area contributed by atoms with Crippen molar-refractivity contribution in [3.05, 3.63) is 18.0 Å². The van der Waals surface area contributed by atoms with Crippen LogP contribution in [0.4, 0.5) is 0 Å². The van der Waals surface area contributed by atoms with Crippen molar-refractivity contribution in [2.75, 3.05) is 13.7 Å². The van der Waals surface area contributed by atoms with Crippen molar-refractivity contribution in [2.45, 2.75) is 52.3 Å². The summed E-state index contributed by atoms with van der Waals surface area (Å²) in [6.07, 6.45) is 2.81. The normalized spacial score (nSPS) is 16.8. The zero-order valence-corrected chi connectivity index (χ0v) is 11.7. The van der Waals surface area contributed by atoms with E-state index in [0.717, 1.165) is 19.6 Å². The van der Waals surface area contributed by atoms with Crippen molar-refractivity contribution in [2.24, 2.45) is 0 Å². The average Bonchev–Trinajstić information content (AvgIpc) is 2.78. The molecule has 1 aromatic heterocycles. The summed E-state index contributed by atoms with van der Waals surface area (Å²) in [5.41, 5.74) is 0.990. The standard InChI is InChI=1S/C13H25N3O/c1-6-13(4,17-8-3)12(14-5)11-9-10-15-16(11)7-2/h9-10,12,14H,6-8H2,1-5H3. The van der Waals surface area contributed by atoms with E-state index < -0.39 is 0 Å². The second kappa shape index (κ2) is 6.17. The van der Waals surface area contributed by atoms with Crippen LogP contribution in [0.2, 0.25) is 0 Å². The van der Waals surface area contributed by atoms with E-state index in [2.05, 4.69) is 37.3 Å². The second-order valence-corrected chi connectivity index (χ2v) is 4.39. The Morgan fingerprint density at radius 2 is 2.18 bits per heavy atom. The molecule has 2 unspecified atom stereocenters. The summed E-state index contributed by atoms with van der Waals surface area (Å²) in [5, 5.41) is 7.70. The summed E-state index contributed by atoms with van der Waals surface area (Å²) in [6.45, 7) is 10.1. The molecule has 0 bridgehead atoms. The number of aromatic nitrogens is 2. The largest absolute Gasteiger partial charge is 0.374 e. The first-order valence-electron chi connectivity index (χ1n) is 6.45. The highest BCUT2D eigenvalue weighted by molar-refractivity contribution is 5.12. The Kier molecular flexibility index (Phi) is 5.15. The first kappa shape index (κ1) is 14.2. The lowest BCUT2D eigenvalue weighted by atomic mass is 9.90. The Hall–Kier alpha value is -0.870. The number of hydrogen-bond donors (Lipinski definition) is 1. The molecule has 0 saturated heterocycles. The predicted octanol–water partition coefficient (Wildman–Crippen LogP) is 2.37. The van der Waals surface area contributed by atoms with Gasteiger partial charge in [-0.05, 0) is 40.3 Å². The lowest BCUT2D eigenvalue weighted by Gasteiger charge is -2.36. The monoisotopic (exact) mass is 239 g/mol. The molecule has 0 amide bonds. The van der Waals surface area contributed by atoms with E-state index in [-0.39, 0.29) is 11.6 Å². The molecule has 1 N–H and O–H groups in total. The van der Waals surface area contributed by atoms with Gasteiger partial charge in [0.15, 0.2) is 0 Å². The summed E-state index contributed by atoms with van der Waals surface area (Å²) in [5.74, 6) is 0. The number of likely N-dealkylation sites (N-methyl/N-ethyl adjacent to an activating group) is 1. The number of nitrogens with one attached hydrogen (secondary N) is 1. The van der Waals surface area contributed by atoms with Crippen LogP contribution in [-0.4, -0.2) is 29.0 Å². The van der Waals surface area contributed by atoms with Crippen LogP contribution in [0.3, 0.4) is 0 Å². The summed E-state index contributed by atoms with van der Waals surface area (Å²) < 4.78 is 7.97. The smallest absolute Gasteiger partial charge is 0.0860 e. The van der Waals surface area contributed by atoms with Crippen molar-refractivity contribution in [3.8, 4) is 0 Å². The molecule has 4 nitrogen and oxygen atoms in total. The maximum atomic E-state index is 5.95. The van der Waals surface area contributed by atoms with Gasteiger partial charge in [-0.15, -0.1) is 0 Å². The highest BCUT2D eigenvalue weighted by atomic mass is 16.5. The van der Waals surface area contributed by atoms with Crippen LogP contribution >= 0.6 is 0 Å². The number of nitrogens with zero attached hydrogens (tertiary/aromatic N) is 2. The van der Waals surface area contributed by atoms with Gasteiger partial charge in [0.1, 0.15) is 0 Å². The Bertz CT molecular complexity index is 337. The summed E-state index contributed by atoms with van der Waals surface area (Å²) >= 11 is 0. The minimum atomic E-state index is -0.198.